The average molecular weight is 380 g/mol. The fourth-order valence-corrected chi connectivity index (χ4v) is 4.65. The lowest BCUT2D eigenvalue weighted by Crippen LogP contribution is -2.30. The second-order valence-electron chi connectivity index (χ2n) is 7.25. The third-order valence-electron chi connectivity index (χ3n) is 4.80. The number of hydrogen-bond acceptors (Lipinski definition) is 4. The highest BCUT2D eigenvalue weighted by atomic mass is 32.2. The molecular formula is C19H25NO3S2. The molecular weight excluding hydrogens is 354 g/mol. The molecule has 1 aliphatic carbocycles. The van der Waals surface area contributed by atoms with Gasteiger partial charge in [0.15, 0.2) is 0 Å². The molecule has 4 nitrogen and oxygen atoms in total. The number of amides is 1. The van der Waals surface area contributed by atoms with Gasteiger partial charge in [0.05, 0.1) is 11.3 Å². The Morgan fingerprint density at radius 2 is 2.12 bits per heavy atom. The summed E-state index contributed by atoms with van der Waals surface area (Å²) < 4.78 is 0.433. The van der Waals surface area contributed by atoms with Gasteiger partial charge in [-0.15, -0.1) is 0 Å². The molecule has 136 valence electrons. The zero-order valence-electron chi connectivity index (χ0n) is 15.2. The predicted octanol–water partition coefficient (Wildman–Crippen LogP) is 4.68. The van der Waals surface area contributed by atoms with Crippen LogP contribution < -0.4 is 0 Å². The van der Waals surface area contributed by atoms with Gasteiger partial charge in [-0.05, 0) is 49.7 Å². The average Bonchev–Trinajstić information content (AvgIpc) is 2.78. The smallest absolute Gasteiger partial charge is 0.305 e. The van der Waals surface area contributed by atoms with E-state index in [9.17, 15) is 9.59 Å². The van der Waals surface area contributed by atoms with Gasteiger partial charge in [0.25, 0.3) is 5.91 Å². The molecule has 0 atom stereocenters. The molecule has 0 aromatic rings. The zero-order valence-corrected chi connectivity index (χ0v) is 16.9. The summed E-state index contributed by atoms with van der Waals surface area (Å²) in [5, 5.41) is 8.81. The van der Waals surface area contributed by atoms with E-state index in [0.29, 0.717) is 9.23 Å². The normalized spacial score (nSPS) is 23.0. The fourth-order valence-electron chi connectivity index (χ4n) is 3.34. The third kappa shape index (κ3) is 4.61. The maximum atomic E-state index is 12.5. The first-order valence-electron chi connectivity index (χ1n) is 8.48. The van der Waals surface area contributed by atoms with Gasteiger partial charge in [-0.1, -0.05) is 55.6 Å². The van der Waals surface area contributed by atoms with Gasteiger partial charge in [0.1, 0.15) is 4.32 Å². The molecule has 0 spiro atoms. The van der Waals surface area contributed by atoms with Crippen molar-refractivity contribution in [3.8, 4) is 0 Å². The van der Waals surface area contributed by atoms with E-state index in [1.807, 2.05) is 13.0 Å². The molecule has 6 heteroatoms. The van der Waals surface area contributed by atoms with E-state index in [0.717, 1.165) is 12.0 Å². The summed E-state index contributed by atoms with van der Waals surface area (Å²) in [6.07, 6.45) is 7.54. The first kappa shape index (κ1) is 19.9. The van der Waals surface area contributed by atoms with Gasteiger partial charge >= 0.3 is 5.97 Å². The van der Waals surface area contributed by atoms with Crippen LogP contribution in [0.3, 0.4) is 0 Å². The molecule has 2 aliphatic rings. The number of aliphatic carboxylic acids is 1. The molecule has 0 unspecified atom stereocenters. The van der Waals surface area contributed by atoms with Gasteiger partial charge in [0, 0.05) is 6.54 Å². The van der Waals surface area contributed by atoms with E-state index >= 15 is 0 Å². The van der Waals surface area contributed by atoms with Crippen LogP contribution >= 0.6 is 24.0 Å². The van der Waals surface area contributed by atoms with E-state index < -0.39 is 5.97 Å². The van der Waals surface area contributed by atoms with E-state index in [2.05, 4.69) is 26.8 Å². The lowest BCUT2D eigenvalue weighted by Gasteiger charge is -2.33. The number of thioether (sulfide) groups is 1. The number of hydrogen-bond donors (Lipinski definition) is 1. The molecule has 0 saturated carbocycles. The van der Waals surface area contributed by atoms with Gasteiger partial charge in [-0.25, -0.2) is 0 Å². The minimum Gasteiger partial charge on any atom is -0.481 e. The largest absolute Gasteiger partial charge is 0.481 e. The van der Waals surface area contributed by atoms with Crippen molar-refractivity contribution in [3.05, 3.63) is 33.8 Å². The van der Waals surface area contributed by atoms with Crippen LogP contribution in [0.15, 0.2) is 33.8 Å². The predicted molar refractivity (Wildman–Crippen MR) is 106 cm³/mol. The quantitative estimate of drug-likeness (QED) is 0.555. The molecule has 1 heterocycles. The topological polar surface area (TPSA) is 57.6 Å². The van der Waals surface area contributed by atoms with Crippen LogP contribution in [0.5, 0.6) is 0 Å². The van der Waals surface area contributed by atoms with Crippen molar-refractivity contribution in [1.82, 2.24) is 4.90 Å². The van der Waals surface area contributed by atoms with Crippen LogP contribution in [0.1, 0.15) is 53.4 Å². The molecule has 25 heavy (non-hydrogen) atoms. The zero-order chi connectivity index (χ0) is 18.8. The fraction of sp³-hybridized carbons (Fsp3) is 0.526. The van der Waals surface area contributed by atoms with Crippen molar-refractivity contribution < 1.29 is 14.7 Å². The summed E-state index contributed by atoms with van der Waals surface area (Å²) in [6, 6.07) is 0. The van der Waals surface area contributed by atoms with Crippen LogP contribution in [0, 0.1) is 5.41 Å². The number of carbonyl (C=O) groups is 2. The molecule has 0 radical (unpaired) electrons. The number of carboxylic acid groups (broad SMARTS) is 1. The minimum atomic E-state index is -0.934. The second kappa shape index (κ2) is 7.87. The molecule has 1 saturated heterocycles. The minimum absolute atomic E-state index is 0.102. The number of carboxylic acids is 1. The Bertz CT molecular complexity index is 701. The van der Waals surface area contributed by atoms with Gasteiger partial charge in [-0.2, -0.15) is 0 Å². The maximum Gasteiger partial charge on any atom is 0.305 e. The van der Waals surface area contributed by atoms with Crippen LogP contribution in [0.2, 0.25) is 0 Å². The maximum absolute atomic E-state index is 12.5. The molecule has 0 aromatic carbocycles. The van der Waals surface area contributed by atoms with Crippen molar-refractivity contribution in [2.45, 2.75) is 53.4 Å². The lowest BCUT2D eigenvalue weighted by molar-refractivity contribution is -0.137. The van der Waals surface area contributed by atoms with Gasteiger partial charge < -0.3 is 5.11 Å². The Morgan fingerprint density at radius 1 is 1.44 bits per heavy atom. The first-order chi connectivity index (χ1) is 11.6. The lowest BCUT2D eigenvalue weighted by atomic mass is 9.72. The monoisotopic (exact) mass is 379 g/mol. The van der Waals surface area contributed by atoms with E-state index in [1.54, 1.807) is 0 Å². The van der Waals surface area contributed by atoms with Gasteiger partial charge in [0.2, 0.25) is 0 Å². The van der Waals surface area contributed by atoms with Crippen molar-refractivity contribution >= 4 is 40.2 Å². The van der Waals surface area contributed by atoms with E-state index in [-0.39, 0.29) is 24.3 Å². The highest BCUT2D eigenvalue weighted by Gasteiger charge is 2.33. The molecule has 1 fully saturated rings. The van der Waals surface area contributed by atoms with Gasteiger partial charge in [-0.3, -0.25) is 14.5 Å². The standard InChI is InChI=1S/C19H25NO3S2/c1-12-6-5-10-19(3,4)14(12)8-7-13(2)16-17(23)20(18(24)25-16)11-9-15(21)22/h7-8H,5-6,9-11H2,1-4H3,(H,21,22). The molecule has 2 rings (SSSR count). The molecule has 0 aromatic heterocycles. The van der Waals surface area contributed by atoms with Crippen molar-refractivity contribution in [2.24, 2.45) is 5.41 Å². The first-order valence-corrected chi connectivity index (χ1v) is 9.70. The van der Waals surface area contributed by atoms with Crippen LogP contribution in [-0.2, 0) is 9.59 Å². The summed E-state index contributed by atoms with van der Waals surface area (Å²) in [6.45, 7) is 8.73. The number of rotatable bonds is 5. The summed E-state index contributed by atoms with van der Waals surface area (Å²) in [7, 11) is 0. The Morgan fingerprint density at radius 3 is 2.72 bits per heavy atom. The van der Waals surface area contributed by atoms with Crippen LogP contribution in [0.4, 0.5) is 0 Å². The van der Waals surface area contributed by atoms with Crippen molar-refractivity contribution in [2.75, 3.05) is 6.54 Å². The summed E-state index contributed by atoms with van der Waals surface area (Å²) >= 11 is 6.49. The highest BCUT2D eigenvalue weighted by molar-refractivity contribution is 8.26. The Labute approximate surface area is 159 Å². The van der Waals surface area contributed by atoms with E-state index in [4.69, 9.17) is 17.3 Å². The number of carbonyl (C=O) groups excluding carboxylic acids is 1. The molecule has 1 aliphatic heterocycles. The highest BCUT2D eigenvalue weighted by Crippen LogP contribution is 2.41. The second-order valence-corrected chi connectivity index (χ2v) is 8.89. The van der Waals surface area contributed by atoms with Crippen molar-refractivity contribution in [3.63, 3.8) is 0 Å². The van der Waals surface area contributed by atoms with Crippen LogP contribution in [-0.4, -0.2) is 32.7 Å². The molecule has 1 N–H and O–H groups in total. The van der Waals surface area contributed by atoms with Crippen LogP contribution in [0.25, 0.3) is 0 Å². The third-order valence-corrected chi connectivity index (χ3v) is 6.37. The number of thiocarbonyl (C=S) groups is 1. The Kier molecular flexibility index (Phi) is 6.27. The number of nitrogens with zero attached hydrogens (tertiary/aromatic N) is 1. The summed E-state index contributed by atoms with van der Waals surface area (Å²) in [5.41, 5.74) is 3.78. The Balaban J connectivity index is 2.21. The van der Waals surface area contributed by atoms with Crippen molar-refractivity contribution in [1.29, 1.82) is 0 Å². The molecule has 0 bridgehead atoms. The summed E-state index contributed by atoms with van der Waals surface area (Å²) in [5.74, 6) is -1.12. The Hall–Kier alpha value is -1.40. The molecule has 1 amide bonds. The summed E-state index contributed by atoms with van der Waals surface area (Å²) in [4.78, 5) is 25.3. The SMILES string of the molecule is CC(C=CC1=C(C)CCCC1(C)C)=C1SC(=S)N(CCC(=O)O)C1=O. The number of allylic oxidation sites excluding steroid dienone is 5. The van der Waals surface area contributed by atoms with E-state index in [1.165, 1.54) is 40.6 Å².